The minimum atomic E-state index is -3.39. The van der Waals surface area contributed by atoms with Crippen LogP contribution in [0.3, 0.4) is 0 Å². The largest absolute Gasteiger partial charge is 0.377 e. The molecule has 0 aromatic heterocycles. The van der Waals surface area contributed by atoms with Gasteiger partial charge in [0, 0.05) is 19.7 Å². The van der Waals surface area contributed by atoms with E-state index in [4.69, 9.17) is 4.74 Å². The third-order valence-corrected chi connectivity index (χ3v) is 6.56. The first-order valence-corrected chi connectivity index (χ1v) is 9.79. The summed E-state index contributed by atoms with van der Waals surface area (Å²) in [6.07, 6.45) is 6.30. The van der Waals surface area contributed by atoms with Gasteiger partial charge < -0.3 is 4.74 Å². The van der Waals surface area contributed by atoms with E-state index in [0.717, 1.165) is 32.1 Å². The van der Waals surface area contributed by atoms with Crippen LogP contribution in [0.1, 0.15) is 43.7 Å². The number of hydrogen-bond donors (Lipinski definition) is 0. The molecule has 1 atom stereocenters. The molecule has 22 heavy (non-hydrogen) atoms. The van der Waals surface area contributed by atoms with Gasteiger partial charge in [0.2, 0.25) is 10.0 Å². The van der Waals surface area contributed by atoms with Gasteiger partial charge in [-0.2, -0.15) is 4.31 Å². The molecular formula is C17H25NO3S. The second-order valence-electron chi connectivity index (χ2n) is 6.22. The van der Waals surface area contributed by atoms with E-state index in [1.54, 1.807) is 10.4 Å². The number of aryl methyl sites for hydroxylation is 2. The molecule has 0 N–H and O–H groups in total. The summed E-state index contributed by atoms with van der Waals surface area (Å²) < 4.78 is 33.0. The molecule has 1 heterocycles. The fourth-order valence-electron chi connectivity index (χ4n) is 3.51. The van der Waals surface area contributed by atoms with Crippen LogP contribution in [0.15, 0.2) is 23.1 Å². The van der Waals surface area contributed by atoms with E-state index in [0.29, 0.717) is 24.6 Å². The van der Waals surface area contributed by atoms with Gasteiger partial charge in [-0.05, 0) is 68.7 Å². The smallest absolute Gasteiger partial charge is 0.243 e. The Hall–Kier alpha value is -0.910. The number of fused-ring (bicyclic) bond motifs is 1. The monoisotopic (exact) mass is 323 g/mol. The molecule has 0 saturated carbocycles. The van der Waals surface area contributed by atoms with Crippen molar-refractivity contribution in [3.63, 3.8) is 0 Å². The quantitative estimate of drug-likeness (QED) is 0.856. The normalized spacial score (nSPS) is 23.2. The zero-order valence-corrected chi connectivity index (χ0v) is 14.1. The lowest BCUT2D eigenvalue weighted by atomic mass is 9.92. The SMILES string of the molecule is CCOC1CCCN(S(=O)(=O)c2ccc3c(c2)CCCC3)C1. The lowest BCUT2D eigenvalue weighted by Crippen LogP contribution is -2.43. The van der Waals surface area contributed by atoms with Crippen molar-refractivity contribution in [1.29, 1.82) is 0 Å². The van der Waals surface area contributed by atoms with Gasteiger partial charge in [0.25, 0.3) is 0 Å². The maximum absolute atomic E-state index is 12.9. The number of hydrogen-bond acceptors (Lipinski definition) is 3. The van der Waals surface area contributed by atoms with Gasteiger partial charge in [-0.25, -0.2) is 8.42 Å². The van der Waals surface area contributed by atoms with Gasteiger partial charge in [-0.1, -0.05) is 6.07 Å². The van der Waals surface area contributed by atoms with E-state index >= 15 is 0 Å². The van der Waals surface area contributed by atoms with Crippen LogP contribution in [0.25, 0.3) is 0 Å². The van der Waals surface area contributed by atoms with Crippen LogP contribution < -0.4 is 0 Å². The van der Waals surface area contributed by atoms with Gasteiger partial charge in [0.1, 0.15) is 0 Å². The summed E-state index contributed by atoms with van der Waals surface area (Å²) in [7, 11) is -3.39. The highest BCUT2D eigenvalue weighted by Gasteiger charge is 2.31. The summed E-state index contributed by atoms with van der Waals surface area (Å²) in [6, 6.07) is 5.68. The summed E-state index contributed by atoms with van der Waals surface area (Å²) >= 11 is 0. The average Bonchev–Trinajstić information content (AvgIpc) is 2.55. The van der Waals surface area contributed by atoms with E-state index in [1.807, 2.05) is 19.1 Å². The lowest BCUT2D eigenvalue weighted by Gasteiger charge is -2.32. The minimum Gasteiger partial charge on any atom is -0.377 e. The molecule has 1 unspecified atom stereocenters. The van der Waals surface area contributed by atoms with Crippen molar-refractivity contribution in [2.45, 2.75) is 56.4 Å². The van der Waals surface area contributed by atoms with Gasteiger partial charge >= 0.3 is 0 Å². The van der Waals surface area contributed by atoms with Gasteiger partial charge in [-0.15, -0.1) is 0 Å². The Kier molecular flexibility index (Phi) is 4.85. The van der Waals surface area contributed by atoms with Crippen molar-refractivity contribution in [3.05, 3.63) is 29.3 Å². The molecule has 1 fully saturated rings. The van der Waals surface area contributed by atoms with E-state index < -0.39 is 10.0 Å². The molecule has 4 nitrogen and oxygen atoms in total. The van der Waals surface area contributed by atoms with Gasteiger partial charge in [-0.3, -0.25) is 0 Å². The minimum absolute atomic E-state index is 0.0335. The maximum Gasteiger partial charge on any atom is 0.243 e. The van der Waals surface area contributed by atoms with Crippen molar-refractivity contribution in [1.82, 2.24) is 4.31 Å². The summed E-state index contributed by atoms with van der Waals surface area (Å²) in [5.74, 6) is 0. The van der Waals surface area contributed by atoms with Crippen LogP contribution >= 0.6 is 0 Å². The number of ether oxygens (including phenoxy) is 1. The Balaban J connectivity index is 1.83. The molecule has 2 aliphatic rings. The first kappa shape index (κ1) is 16.0. The third kappa shape index (κ3) is 3.21. The number of sulfonamides is 1. The summed E-state index contributed by atoms with van der Waals surface area (Å²) in [6.45, 7) is 3.67. The maximum atomic E-state index is 12.9. The molecule has 1 aliphatic heterocycles. The molecule has 122 valence electrons. The zero-order chi connectivity index (χ0) is 15.6. The highest BCUT2D eigenvalue weighted by Crippen LogP contribution is 2.27. The Morgan fingerprint density at radius 3 is 2.73 bits per heavy atom. The van der Waals surface area contributed by atoms with Crippen molar-refractivity contribution in [2.24, 2.45) is 0 Å². The molecule has 1 aromatic rings. The van der Waals surface area contributed by atoms with Crippen LogP contribution in [0.4, 0.5) is 0 Å². The Bertz CT molecular complexity index is 625. The molecule has 0 amide bonds. The average molecular weight is 323 g/mol. The molecule has 0 bridgehead atoms. The van der Waals surface area contributed by atoms with Crippen molar-refractivity contribution >= 4 is 10.0 Å². The number of benzene rings is 1. The van der Waals surface area contributed by atoms with Gasteiger partial charge in [0.15, 0.2) is 0 Å². The first-order valence-electron chi connectivity index (χ1n) is 8.35. The molecule has 5 heteroatoms. The molecule has 1 saturated heterocycles. The topological polar surface area (TPSA) is 46.6 Å². The lowest BCUT2D eigenvalue weighted by molar-refractivity contribution is 0.0265. The van der Waals surface area contributed by atoms with Crippen molar-refractivity contribution in [3.8, 4) is 0 Å². The highest BCUT2D eigenvalue weighted by atomic mass is 32.2. The van der Waals surface area contributed by atoms with Crippen molar-refractivity contribution in [2.75, 3.05) is 19.7 Å². The molecule has 1 aliphatic carbocycles. The Morgan fingerprint density at radius 2 is 1.95 bits per heavy atom. The summed E-state index contributed by atoms with van der Waals surface area (Å²) in [5.41, 5.74) is 2.53. The number of nitrogens with zero attached hydrogens (tertiary/aromatic N) is 1. The van der Waals surface area contributed by atoms with Crippen LogP contribution in [-0.2, 0) is 27.6 Å². The van der Waals surface area contributed by atoms with E-state index in [1.165, 1.54) is 17.5 Å². The molecular weight excluding hydrogens is 298 g/mol. The molecule has 0 radical (unpaired) electrons. The fourth-order valence-corrected chi connectivity index (χ4v) is 5.08. The van der Waals surface area contributed by atoms with Crippen molar-refractivity contribution < 1.29 is 13.2 Å². The molecule has 0 spiro atoms. The third-order valence-electron chi connectivity index (χ3n) is 4.70. The van der Waals surface area contributed by atoms with E-state index in [9.17, 15) is 8.42 Å². The van der Waals surface area contributed by atoms with Crippen LogP contribution in [0.2, 0.25) is 0 Å². The number of piperidine rings is 1. The van der Waals surface area contributed by atoms with E-state index in [2.05, 4.69) is 0 Å². The summed E-state index contributed by atoms with van der Waals surface area (Å²) in [4.78, 5) is 0.449. The standard InChI is InChI=1S/C17H25NO3S/c1-2-21-16-8-5-11-18(13-16)22(19,20)17-10-9-14-6-3-4-7-15(14)12-17/h9-10,12,16H,2-8,11,13H2,1H3. The summed E-state index contributed by atoms with van der Waals surface area (Å²) in [5, 5.41) is 0. The Morgan fingerprint density at radius 1 is 1.18 bits per heavy atom. The molecule has 3 rings (SSSR count). The van der Waals surface area contributed by atoms with E-state index in [-0.39, 0.29) is 6.10 Å². The van der Waals surface area contributed by atoms with Crippen LogP contribution in [-0.4, -0.2) is 38.5 Å². The molecule has 1 aromatic carbocycles. The Labute approximate surface area is 133 Å². The predicted octanol–water partition coefficient (Wildman–Crippen LogP) is 2.76. The first-order chi connectivity index (χ1) is 10.6. The van der Waals surface area contributed by atoms with Crippen LogP contribution in [0.5, 0.6) is 0 Å². The highest BCUT2D eigenvalue weighted by molar-refractivity contribution is 7.89. The predicted molar refractivity (Wildman–Crippen MR) is 86.5 cm³/mol. The number of rotatable bonds is 4. The van der Waals surface area contributed by atoms with Crippen LogP contribution in [0, 0.1) is 0 Å². The zero-order valence-electron chi connectivity index (χ0n) is 13.3. The second-order valence-corrected chi connectivity index (χ2v) is 8.16. The fraction of sp³-hybridized carbons (Fsp3) is 0.647. The second kappa shape index (κ2) is 6.69. The van der Waals surface area contributed by atoms with Gasteiger partial charge in [0.05, 0.1) is 11.0 Å².